The molecule has 0 aliphatic heterocycles. The minimum Gasteiger partial charge on any atom is -0.383 e. The molecule has 3 heteroatoms. The maximum absolute atomic E-state index is 5.46. The van der Waals surface area contributed by atoms with E-state index in [1.165, 1.54) is 5.57 Å². The Bertz CT molecular complexity index is 338. The van der Waals surface area contributed by atoms with Crippen LogP contribution in [0.3, 0.4) is 0 Å². The highest BCUT2D eigenvalue weighted by Gasteiger charge is 1.93. The van der Waals surface area contributed by atoms with Gasteiger partial charge >= 0.3 is 0 Å². The summed E-state index contributed by atoms with van der Waals surface area (Å²) in [6, 6.07) is 8.11. The number of rotatable bonds is 7. The van der Waals surface area contributed by atoms with Crippen molar-refractivity contribution < 1.29 is 4.74 Å². The molecule has 0 aromatic heterocycles. The lowest BCUT2D eigenvalue weighted by Gasteiger charge is -2.07. The summed E-state index contributed by atoms with van der Waals surface area (Å²) in [7, 11) is 0. The van der Waals surface area contributed by atoms with E-state index in [2.05, 4.69) is 27.8 Å². The largest absolute Gasteiger partial charge is 0.383 e. The molecular weight excluding hydrogens is 266 g/mol. The standard InChI is InChI=1S/C13H18BrNO/c1-11(2)6-8-16-9-7-15-13-5-3-4-12(14)10-13/h3-5,10,15H,1,6-9H2,2H3. The first-order valence-corrected chi connectivity index (χ1v) is 6.19. The Balaban J connectivity index is 2.09. The third-order valence-electron chi connectivity index (χ3n) is 2.07. The fraction of sp³-hybridized carbons (Fsp3) is 0.385. The van der Waals surface area contributed by atoms with Crippen LogP contribution in [-0.4, -0.2) is 19.8 Å². The monoisotopic (exact) mass is 283 g/mol. The highest BCUT2D eigenvalue weighted by atomic mass is 79.9. The number of halogens is 1. The Kier molecular flexibility index (Phi) is 6.19. The van der Waals surface area contributed by atoms with E-state index in [-0.39, 0.29) is 0 Å². The van der Waals surface area contributed by atoms with Crippen LogP contribution in [0.1, 0.15) is 13.3 Å². The Morgan fingerprint density at radius 2 is 2.25 bits per heavy atom. The van der Waals surface area contributed by atoms with Gasteiger partial charge in [0.1, 0.15) is 0 Å². The molecule has 0 spiro atoms. The summed E-state index contributed by atoms with van der Waals surface area (Å²) in [5.41, 5.74) is 2.28. The van der Waals surface area contributed by atoms with Crippen LogP contribution in [0.15, 0.2) is 40.9 Å². The normalized spacial score (nSPS) is 10.1. The lowest BCUT2D eigenvalue weighted by atomic mass is 10.3. The minimum absolute atomic E-state index is 0.722. The first-order valence-electron chi connectivity index (χ1n) is 5.40. The molecule has 1 aromatic rings. The second-order valence-corrected chi connectivity index (χ2v) is 4.67. The summed E-state index contributed by atoms with van der Waals surface area (Å²) in [4.78, 5) is 0. The zero-order valence-electron chi connectivity index (χ0n) is 9.63. The van der Waals surface area contributed by atoms with Gasteiger partial charge in [0.05, 0.1) is 13.2 Å². The summed E-state index contributed by atoms with van der Waals surface area (Å²) in [5.74, 6) is 0. The molecule has 0 fully saturated rings. The second kappa shape index (κ2) is 7.47. The average Bonchev–Trinajstić information content (AvgIpc) is 2.23. The Hall–Kier alpha value is -0.800. The summed E-state index contributed by atoms with van der Waals surface area (Å²) < 4.78 is 6.55. The van der Waals surface area contributed by atoms with Crippen LogP contribution in [0.25, 0.3) is 0 Å². The zero-order valence-corrected chi connectivity index (χ0v) is 11.2. The molecule has 16 heavy (non-hydrogen) atoms. The molecule has 0 unspecified atom stereocenters. The van der Waals surface area contributed by atoms with E-state index in [4.69, 9.17) is 4.74 Å². The molecule has 0 atom stereocenters. The second-order valence-electron chi connectivity index (χ2n) is 3.76. The predicted octanol–water partition coefficient (Wildman–Crippen LogP) is 3.84. The highest BCUT2D eigenvalue weighted by Crippen LogP contribution is 2.15. The Morgan fingerprint density at radius 3 is 2.94 bits per heavy atom. The number of hydrogen-bond donors (Lipinski definition) is 1. The van der Waals surface area contributed by atoms with Gasteiger partial charge in [-0.15, -0.1) is 6.58 Å². The predicted molar refractivity (Wildman–Crippen MR) is 72.9 cm³/mol. The SMILES string of the molecule is C=C(C)CCOCCNc1cccc(Br)c1. The topological polar surface area (TPSA) is 21.3 Å². The number of ether oxygens (including phenoxy) is 1. The van der Waals surface area contributed by atoms with E-state index < -0.39 is 0 Å². The molecule has 88 valence electrons. The van der Waals surface area contributed by atoms with E-state index in [1.807, 2.05) is 31.2 Å². The first kappa shape index (κ1) is 13.3. The number of benzene rings is 1. The lowest BCUT2D eigenvalue weighted by molar-refractivity contribution is 0.147. The van der Waals surface area contributed by atoms with Crippen molar-refractivity contribution in [2.24, 2.45) is 0 Å². The molecule has 1 rings (SSSR count). The molecule has 0 amide bonds. The molecule has 0 saturated carbocycles. The lowest BCUT2D eigenvalue weighted by Crippen LogP contribution is -2.10. The number of anilines is 1. The van der Waals surface area contributed by atoms with Crippen LogP contribution < -0.4 is 5.32 Å². The van der Waals surface area contributed by atoms with Gasteiger partial charge in [0.2, 0.25) is 0 Å². The summed E-state index contributed by atoms with van der Waals surface area (Å²) >= 11 is 3.43. The molecule has 0 bridgehead atoms. The highest BCUT2D eigenvalue weighted by molar-refractivity contribution is 9.10. The van der Waals surface area contributed by atoms with Crippen molar-refractivity contribution in [1.82, 2.24) is 0 Å². The zero-order chi connectivity index (χ0) is 11.8. The fourth-order valence-corrected chi connectivity index (χ4v) is 1.61. The molecule has 0 saturated heterocycles. The van der Waals surface area contributed by atoms with E-state index in [0.717, 1.165) is 36.3 Å². The number of hydrogen-bond acceptors (Lipinski definition) is 2. The maximum Gasteiger partial charge on any atom is 0.0639 e. The van der Waals surface area contributed by atoms with Gasteiger partial charge in [-0.2, -0.15) is 0 Å². The van der Waals surface area contributed by atoms with Crippen LogP contribution in [0, 0.1) is 0 Å². The smallest absolute Gasteiger partial charge is 0.0639 e. The molecule has 0 heterocycles. The first-order chi connectivity index (χ1) is 7.68. The third kappa shape index (κ3) is 5.93. The van der Waals surface area contributed by atoms with Crippen LogP contribution in [0.2, 0.25) is 0 Å². The van der Waals surface area contributed by atoms with Crippen molar-refractivity contribution in [2.45, 2.75) is 13.3 Å². The Labute approximate surface area is 106 Å². The molecular formula is C13H18BrNO. The third-order valence-corrected chi connectivity index (χ3v) is 2.57. The quantitative estimate of drug-likeness (QED) is 0.606. The minimum atomic E-state index is 0.722. The van der Waals surface area contributed by atoms with Crippen molar-refractivity contribution in [3.05, 3.63) is 40.9 Å². The maximum atomic E-state index is 5.46. The van der Waals surface area contributed by atoms with Gasteiger partial charge in [-0.1, -0.05) is 27.6 Å². The summed E-state index contributed by atoms with van der Waals surface area (Å²) in [6.07, 6.45) is 0.941. The molecule has 0 radical (unpaired) electrons. The van der Waals surface area contributed by atoms with Crippen molar-refractivity contribution in [1.29, 1.82) is 0 Å². The molecule has 0 aliphatic rings. The molecule has 0 aliphatic carbocycles. The Morgan fingerprint density at radius 1 is 1.44 bits per heavy atom. The van der Waals surface area contributed by atoms with Crippen molar-refractivity contribution in [3.8, 4) is 0 Å². The van der Waals surface area contributed by atoms with E-state index in [1.54, 1.807) is 0 Å². The van der Waals surface area contributed by atoms with Crippen LogP contribution in [0.5, 0.6) is 0 Å². The number of nitrogens with one attached hydrogen (secondary N) is 1. The van der Waals surface area contributed by atoms with Crippen molar-refractivity contribution in [3.63, 3.8) is 0 Å². The van der Waals surface area contributed by atoms with E-state index in [0.29, 0.717) is 0 Å². The van der Waals surface area contributed by atoms with Crippen molar-refractivity contribution >= 4 is 21.6 Å². The van der Waals surface area contributed by atoms with Gasteiger partial charge in [0.15, 0.2) is 0 Å². The molecule has 1 N–H and O–H groups in total. The summed E-state index contributed by atoms with van der Waals surface area (Å²) in [6.45, 7) is 8.15. The van der Waals surface area contributed by atoms with E-state index in [9.17, 15) is 0 Å². The van der Waals surface area contributed by atoms with Gasteiger partial charge in [-0.3, -0.25) is 0 Å². The average molecular weight is 284 g/mol. The van der Waals surface area contributed by atoms with Gasteiger partial charge in [-0.25, -0.2) is 0 Å². The summed E-state index contributed by atoms with van der Waals surface area (Å²) in [5, 5.41) is 3.30. The molecule has 2 nitrogen and oxygen atoms in total. The van der Waals surface area contributed by atoms with Gasteiger partial charge < -0.3 is 10.1 Å². The fourth-order valence-electron chi connectivity index (χ4n) is 1.21. The van der Waals surface area contributed by atoms with Crippen molar-refractivity contribution in [2.75, 3.05) is 25.1 Å². The van der Waals surface area contributed by atoms with Crippen LogP contribution >= 0.6 is 15.9 Å². The molecule has 1 aromatic carbocycles. The van der Waals surface area contributed by atoms with Gasteiger partial charge in [0.25, 0.3) is 0 Å². The van der Waals surface area contributed by atoms with E-state index >= 15 is 0 Å². The van der Waals surface area contributed by atoms with Crippen LogP contribution in [0.4, 0.5) is 5.69 Å². The van der Waals surface area contributed by atoms with Crippen LogP contribution in [-0.2, 0) is 4.74 Å². The van der Waals surface area contributed by atoms with Gasteiger partial charge in [0, 0.05) is 16.7 Å². The van der Waals surface area contributed by atoms with Gasteiger partial charge in [-0.05, 0) is 31.5 Å².